The number of carbonyl (C=O) groups is 3. The monoisotopic (exact) mass is 434 g/mol. The summed E-state index contributed by atoms with van der Waals surface area (Å²) in [6.45, 7) is 0.0212. The molecule has 1 fully saturated rings. The van der Waals surface area contributed by atoms with E-state index in [1.807, 2.05) is 0 Å². The SMILES string of the molecule is COc1ccc(Cl)cc1C(=O)NCCN1C(=O)S/C(=C\c2ccccc2F)C1=O. The summed E-state index contributed by atoms with van der Waals surface area (Å²) in [4.78, 5) is 38.1. The Labute approximate surface area is 175 Å². The summed E-state index contributed by atoms with van der Waals surface area (Å²) >= 11 is 6.65. The molecular formula is C20H16ClFN2O4S. The molecule has 0 spiro atoms. The maximum Gasteiger partial charge on any atom is 0.293 e. The lowest BCUT2D eigenvalue weighted by Crippen LogP contribution is -2.37. The van der Waals surface area contributed by atoms with Gasteiger partial charge in [-0.15, -0.1) is 0 Å². The lowest BCUT2D eigenvalue weighted by Gasteiger charge is -2.14. The summed E-state index contributed by atoms with van der Waals surface area (Å²) in [5.74, 6) is -1.11. The summed E-state index contributed by atoms with van der Waals surface area (Å²) in [6.07, 6.45) is 1.34. The topological polar surface area (TPSA) is 75.7 Å². The minimum Gasteiger partial charge on any atom is -0.496 e. The van der Waals surface area contributed by atoms with E-state index in [0.717, 1.165) is 16.7 Å². The molecule has 3 rings (SSSR count). The van der Waals surface area contributed by atoms with Crippen LogP contribution < -0.4 is 10.1 Å². The zero-order valence-corrected chi connectivity index (χ0v) is 16.8. The summed E-state index contributed by atoms with van der Waals surface area (Å²) in [5, 5.41) is 2.53. The molecule has 0 radical (unpaired) electrons. The Balaban J connectivity index is 1.64. The Kier molecular flexibility index (Phi) is 6.56. The van der Waals surface area contributed by atoms with Gasteiger partial charge in [-0.1, -0.05) is 29.8 Å². The van der Waals surface area contributed by atoms with E-state index in [9.17, 15) is 18.8 Å². The second-order valence-electron chi connectivity index (χ2n) is 5.96. The van der Waals surface area contributed by atoms with E-state index in [-0.39, 0.29) is 29.1 Å². The number of thioether (sulfide) groups is 1. The number of benzene rings is 2. The molecule has 1 N–H and O–H groups in total. The molecule has 0 unspecified atom stereocenters. The molecule has 6 nitrogen and oxygen atoms in total. The van der Waals surface area contributed by atoms with Crippen molar-refractivity contribution in [3.05, 3.63) is 69.3 Å². The molecule has 9 heteroatoms. The molecule has 0 bridgehead atoms. The first kappa shape index (κ1) is 20.9. The van der Waals surface area contributed by atoms with Gasteiger partial charge in [0.1, 0.15) is 11.6 Å². The van der Waals surface area contributed by atoms with E-state index in [0.29, 0.717) is 10.8 Å². The van der Waals surface area contributed by atoms with Crippen molar-refractivity contribution in [1.82, 2.24) is 10.2 Å². The van der Waals surface area contributed by atoms with Crippen molar-refractivity contribution in [2.24, 2.45) is 0 Å². The van der Waals surface area contributed by atoms with Crippen molar-refractivity contribution in [3.63, 3.8) is 0 Å². The Bertz CT molecular complexity index is 1010. The number of hydrogen-bond donors (Lipinski definition) is 1. The molecule has 0 saturated carbocycles. The second-order valence-corrected chi connectivity index (χ2v) is 7.38. The van der Waals surface area contributed by atoms with Crippen LogP contribution >= 0.6 is 23.4 Å². The molecule has 2 aromatic rings. The number of imide groups is 1. The third kappa shape index (κ3) is 4.78. The van der Waals surface area contributed by atoms with E-state index in [4.69, 9.17) is 16.3 Å². The van der Waals surface area contributed by atoms with Gasteiger partial charge in [0, 0.05) is 23.7 Å². The molecule has 1 aliphatic heterocycles. The first-order valence-electron chi connectivity index (χ1n) is 8.52. The quantitative estimate of drug-likeness (QED) is 0.696. The lowest BCUT2D eigenvalue weighted by molar-refractivity contribution is -0.122. The van der Waals surface area contributed by atoms with Crippen LogP contribution in [0.1, 0.15) is 15.9 Å². The van der Waals surface area contributed by atoms with Crippen molar-refractivity contribution >= 4 is 46.5 Å². The highest BCUT2D eigenvalue weighted by molar-refractivity contribution is 8.18. The average Bonchev–Trinajstić information content (AvgIpc) is 2.97. The zero-order valence-electron chi connectivity index (χ0n) is 15.3. The zero-order chi connectivity index (χ0) is 21.0. The molecule has 3 amide bonds. The molecule has 29 heavy (non-hydrogen) atoms. The van der Waals surface area contributed by atoms with Gasteiger partial charge in [0.25, 0.3) is 17.1 Å². The number of carbonyl (C=O) groups excluding carboxylic acids is 3. The van der Waals surface area contributed by atoms with Gasteiger partial charge >= 0.3 is 0 Å². The molecule has 1 heterocycles. The van der Waals surface area contributed by atoms with Gasteiger partial charge in [-0.05, 0) is 42.1 Å². The predicted octanol–water partition coefficient (Wildman–Crippen LogP) is 3.95. The number of methoxy groups -OCH3 is 1. The van der Waals surface area contributed by atoms with Crippen LogP contribution in [-0.4, -0.2) is 42.2 Å². The highest BCUT2D eigenvalue weighted by Crippen LogP contribution is 2.32. The smallest absolute Gasteiger partial charge is 0.293 e. The van der Waals surface area contributed by atoms with E-state index < -0.39 is 22.9 Å². The third-order valence-corrected chi connectivity index (χ3v) is 5.24. The van der Waals surface area contributed by atoms with E-state index in [2.05, 4.69) is 5.32 Å². The van der Waals surface area contributed by atoms with Gasteiger partial charge < -0.3 is 10.1 Å². The highest BCUT2D eigenvalue weighted by atomic mass is 35.5. The van der Waals surface area contributed by atoms with Crippen LogP contribution in [0.2, 0.25) is 5.02 Å². The van der Waals surface area contributed by atoms with E-state index in [1.165, 1.54) is 37.5 Å². The maximum atomic E-state index is 13.8. The van der Waals surface area contributed by atoms with Gasteiger partial charge in [0.05, 0.1) is 17.6 Å². The Hall–Kier alpha value is -2.84. The average molecular weight is 435 g/mol. The molecular weight excluding hydrogens is 419 g/mol. The Morgan fingerprint density at radius 3 is 2.76 bits per heavy atom. The summed E-state index contributed by atoms with van der Waals surface area (Å²) in [7, 11) is 1.43. The first-order chi connectivity index (χ1) is 13.9. The number of halogens is 2. The third-order valence-electron chi connectivity index (χ3n) is 4.09. The van der Waals surface area contributed by atoms with Crippen molar-refractivity contribution in [1.29, 1.82) is 0 Å². The standard InChI is InChI=1S/C20H16ClFN2O4S/c1-28-16-7-6-13(21)11-14(16)18(25)23-8-9-24-19(26)17(29-20(24)27)10-12-4-2-3-5-15(12)22/h2-7,10-11H,8-9H2,1H3,(H,23,25)/b17-10-. The van der Waals surface area contributed by atoms with Crippen LogP contribution in [-0.2, 0) is 4.79 Å². The molecule has 2 aromatic carbocycles. The largest absolute Gasteiger partial charge is 0.496 e. The molecule has 1 aliphatic rings. The normalized spacial score (nSPS) is 15.1. The Morgan fingerprint density at radius 2 is 2.03 bits per heavy atom. The van der Waals surface area contributed by atoms with Gasteiger partial charge in [0.2, 0.25) is 0 Å². The number of ether oxygens (including phenoxy) is 1. The number of rotatable bonds is 6. The van der Waals surface area contributed by atoms with Crippen molar-refractivity contribution in [2.45, 2.75) is 0 Å². The fourth-order valence-electron chi connectivity index (χ4n) is 2.66. The van der Waals surface area contributed by atoms with Gasteiger partial charge in [0.15, 0.2) is 0 Å². The van der Waals surface area contributed by atoms with Crippen molar-refractivity contribution < 1.29 is 23.5 Å². The molecule has 150 valence electrons. The fourth-order valence-corrected chi connectivity index (χ4v) is 3.69. The van der Waals surface area contributed by atoms with Crippen LogP contribution in [0.3, 0.4) is 0 Å². The summed E-state index contributed by atoms with van der Waals surface area (Å²) < 4.78 is 18.9. The van der Waals surface area contributed by atoms with Gasteiger partial charge in [-0.25, -0.2) is 4.39 Å². The first-order valence-corrected chi connectivity index (χ1v) is 9.72. The lowest BCUT2D eigenvalue weighted by atomic mass is 10.2. The molecule has 0 atom stereocenters. The predicted molar refractivity (Wildman–Crippen MR) is 109 cm³/mol. The minimum absolute atomic E-state index is 0.0199. The maximum absolute atomic E-state index is 13.8. The number of nitrogens with zero attached hydrogens (tertiary/aromatic N) is 1. The number of amides is 3. The molecule has 0 aliphatic carbocycles. The summed E-state index contributed by atoms with van der Waals surface area (Å²) in [6, 6.07) is 10.6. The second kappa shape index (κ2) is 9.11. The Morgan fingerprint density at radius 1 is 1.28 bits per heavy atom. The fraction of sp³-hybridized carbons (Fsp3) is 0.150. The van der Waals surface area contributed by atoms with Crippen LogP contribution in [0.25, 0.3) is 6.08 Å². The van der Waals surface area contributed by atoms with Crippen molar-refractivity contribution in [3.8, 4) is 5.75 Å². The molecule has 1 saturated heterocycles. The summed E-state index contributed by atoms with van der Waals surface area (Å²) in [5.41, 5.74) is 0.466. The molecule has 0 aromatic heterocycles. The van der Waals surface area contributed by atoms with Crippen LogP contribution in [0.4, 0.5) is 9.18 Å². The van der Waals surface area contributed by atoms with Gasteiger partial charge in [-0.3, -0.25) is 19.3 Å². The minimum atomic E-state index is -0.530. The number of nitrogens with one attached hydrogen (secondary N) is 1. The van der Waals surface area contributed by atoms with E-state index >= 15 is 0 Å². The van der Waals surface area contributed by atoms with Crippen LogP contribution in [0.15, 0.2) is 47.4 Å². The van der Waals surface area contributed by atoms with Crippen LogP contribution in [0, 0.1) is 5.82 Å². The highest BCUT2D eigenvalue weighted by Gasteiger charge is 2.34. The van der Waals surface area contributed by atoms with E-state index in [1.54, 1.807) is 18.2 Å². The van der Waals surface area contributed by atoms with Gasteiger partial charge in [-0.2, -0.15) is 0 Å². The number of hydrogen-bond acceptors (Lipinski definition) is 5. The van der Waals surface area contributed by atoms with Crippen molar-refractivity contribution in [2.75, 3.05) is 20.2 Å². The van der Waals surface area contributed by atoms with Crippen LogP contribution in [0.5, 0.6) is 5.75 Å².